The lowest BCUT2D eigenvalue weighted by Gasteiger charge is -2.40. The Kier molecular flexibility index (Phi) is 4.58. The van der Waals surface area contributed by atoms with Gasteiger partial charge in [0, 0.05) is 25.7 Å². The van der Waals surface area contributed by atoms with Gasteiger partial charge in [-0.2, -0.15) is 0 Å². The molecule has 4 atom stereocenters. The van der Waals surface area contributed by atoms with Gasteiger partial charge in [0.25, 0.3) is 0 Å². The number of morpholine rings is 1. The summed E-state index contributed by atoms with van der Waals surface area (Å²) >= 11 is 0. The molecule has 0 radical (unpaired) electrons. The highest BCUT2D eigenvalue weighted by molar-refractivity contribution is 5.79. The maximum Gasteiger partial charge on any atom is 0.228 e. The van der Waals surface area contributed by atoms with Crippen LogP contribution in [-0.2, 0) is 19.0 Å². The Bertz CT molecular complexity index is 343. The quantitative estimate of drug-likeness (QED) is 0.774. The molecule has 5 nitrogen and oxygen atoms in total. The summed E-state index contributed by atoms with van der Waals surface area (Å²) in [6.45, 7) is 6.23. The first-order valence-corrected chi connectivity index (χ1v) is 7.88. The highest BCUT2D eigenvalue weighted by atomic mass is 16.5. The van der Waals surface area contributed by atoms with Crippen LogP contribution in [0.5, 0.6) is 0 Å². The highest BCUT2D eigenvalue weighted by Gasteiger charge is 2.45. The van der Waals surface area contributed by atoms with Crippen LogP contribution in [-0.4, -0.2) is 62.5 Å². The van der Waals surface area contributed by atoms with Crippen LogP contribution in [0.15, 0.2) is 0 Å². The van der Waals surface area contributed by atoms with E-state index in [1.165, 1.54) is 0 Å². The van der Waals surface area contributed by atoms with E-state index in [4.69, 9.17) is 14.2 Å². The van der Waals surface area contributed by atoms with Gasteiger partial charge in [0.2, 0.25) is 5.91 Å². The molecule has 0 unspecified atom stereocenters. The number of ether oxygens (including phenoxy) is 3. The number of hydrogen-bond donors (Lipinski definition) is 0. The van der Waals surface area contributed by atoms with Crippen molar-refractivity contribution >= 4 is 5.91 Å². The van der Waals surface area contributed by atoms with Crippen LogP contribution in [0.25, 0.3) is 0 Å². The average Bonchev–Trinajstić information content (AvgIpc) is 3.13. The predicted octanol–water partition coefficient (Wildman–Crippen LogP) is 1.07. The zero-order valence-electron chi connectivity index (χ0n) is 12.3. The van der Waals surface area contributed by atoms with E-state index in [-0.39, 0.29) is 24.0 Å². The van der Waals surface area contributed by atoms with E-state index in [9.17, 15) is 4.79 Å². The van der Waals surface area contributed by atoms with Crippen molar-refractivity contribution in [1.29, 1.82) is 0 Å². The first kappa shape index (κ1) is 14.3. The molecule has 1 aliphatic carbocycles. The molecule has 0 N–H and O–H groups in total. The molecule has 3 fully saturated rings. The van der Waals surface area contributed by atoms with E-state index >= 15 is 0 Å². The van der Waals surface area contributed by atoms with Crippen molar-refractivity contribution in [3.05, 3.63) is 0 Å². The summed E-state index contributed by atoms with van der Waals surface area (Å²) in [5.41, 5.74) is 0. The molecule has 2 heterocycles. The fourth-order valence-corrected chi connectivity index (χ4v) is 3.75. The topological polar surface area (TPSA) is 48.0 Å². The van der Waals surface area contributed by atoms with Crippen molar-refractivity contribution in [2.24, 2.45) is 11.8 Å². The number of nitrogens with zero attached hydrogens (tertiary/aromatic N) is 1. The Hall–Kier alpha value is -0.650. The Labute approximate surface area is 120 Å². The molecule has 20 heavy (non-hydrogen) atoms. The van der Waals surface area contributed by atoms with Gasteiger partial charge in [-0.3, -0.25) is 4.79 Å². The smallest absolute Gasteiger partial charge is 0.228 e. The van der Waals surface area contributed by atoms with Crippen molar-refractivity contribution in [2.75, 3.05) is 39.6 Å². The lowest BCUT2D eigenvalue weighted by atomic mass is 10.0. The second kappa shape index (κ2) is 6.41. The minimum atomic E-state index is 0.0692. The van der Waals surface area contributed by atoms with Gasteiger partial charge < -0.3 is 19.1 Å². The molecule has 0 bridgehead atoms. The Balaban J connectivity index is 1.63. The van der Waals surface area contributed by atoms with Crippen LogP contribution in [0.3, 0.4) is 0 Å². The molecule has 114 valence electrons. The average molecular weight is 283 g/mol. The maximum atomic E-state index is 12.6. The van der Waals surface area contributed by atoms with Crippen LogP contribution < -0.4 is 0 Å². The van der Waals surface area contributed by atoms with Crippen molar-refractivity contribution in [2.45, 2.75) is 38.3 Å². The van der Waals surface area contributed by atoms with Gasteiger partial charge in [-0.15, -0.1) is 0 Å². The van der Waals surface area contributed by atoms with Crippen LogP contribution >= 0.6 is 0 Å². The second-order valence-electron chi connectivity index (χ2n) is 5.99. The van der Waals surface area contributed by atoms with Gasteiger partial charge in [0.1, 0.15) is 0 Å². The van der Waals surface area contributed by atoms with Gasteiger partial charge in [0.15, 0.2) is 0 Å². The lowest BCUT2D eigenvalue weighted by molar-refractivity contribution is -0.151. The minimum absolute atomic E-state index is 0.0692. The van der Waals surface area contributed by atoms with Crippen LogP contribution in [0.4, 0.5) is 0 Å². The molecule has 3 rings (SSSR count). The number of carbonyl (C=O) groups excluding carboxylic acids is 1. The Morgan fingerprint density at radius 3 is 2.95 bits per heavy atom. The zero-order valence-corrected chi connectivity index (χ0v) is 12.3. The monoisotopic (exact) mass is 283 g/mol. The molecular weight excluding hydrogens is 258 g/mol. The first-order chi connectivity index (χ1) is 9.81. The molecule has 0 spiro atoms. The molecule has 3 aliphatic rings. The second-order valence-corrected chi connectivity index (χ2v) is 5.99. The molecule has 1 amide bonds. The molecule has 5 heteroatoms. The fraction of sp³-hybridized carbons (Fsp3) is 0.933. The molecule has 0 aromatic carbocycles. The number of fused-ring (bicyclic) bond motifs is 1. The Morgan fingerprint density at radius 2 is 2.20 bits per heavy atom. The normalized spacial score (nSPS) is 37.1. The molecule has 2 saturated heterocycles. The summed E-state index contributed by atoms with van der Waals surface area (Å²) < 4.78 is 16.9. The third-order valence-electron chi connectivity index (χ3n) is 4.82. The van der Waals surface area contributed by atoms with Crippen molar-refractivity contribution in [3.63, 3.8) is 0 Å². The molecule has 2 aliphatic heterocycles. The van der Waals surface area contributed by atoms with Crippen LogP contribution in [0.2, 0.25) is 0 Å². The van der Waals surface area contributed by atoms with Crippen molar-refractivity contribution in [1.82, 2.24) is 4.90 Å². The highest BCUT2D eigenvalue weighted by Crippen LogP contribution is 2.36. The van der Waals surface area contributed by atoms with E-state index in [2.05, 4.69) is 4.90 Å². The summed E-state index contributed by atoms with van der Waals surface area (Å²) in [5.74, 6) is 0.785. The number of carbonyl (C=O) groups is 1. The Morgan fingerprint density at radius 1 is 1.30 bits per heavy atom. The third-order valence-corrected chi connectivity index (χ3v) is 4.82. The van der Waals surface area contributed by atoms with Gasteiger partial charge in [0.05, 0.1) is 37.9 Å². The number of amides is 1. The SMILES string of the molecule is CCOC[C@@H]1CC[C@@H]2[C@H]1OCCN2C(=O)[C@@H]1CCOC1. The van der Waals surface area contributed by atoms with Gasteiger partial charge in [-0.25, -0.2) is 0 Å². The molecule has 0 aromatic heterocycles. The minimum Gasteiger partial charge on any atom is -0.381 e. The van der Waals surface area contributed by atoms with Gasteiger partial charge in [-0.05, 0) is 26.2 Å². The maximum absolute atomic E-state index is 12.6. The summed E-state index contributed by atoms with van der Waals surface area (Å²) in [7, 11) is 0. The van der Waals surface area contributed by atoms with E-state index in [0.717, 1.165) is 45.6 Å². The largest absolute Gasteiger partial charge is 0.381 e. The summed E-state index contributed by atoms with van der Waals surface area (Å²) in [5, 5.41) is 0. The molecular formula is C15H25NO4. The van der Waals surface area contributed by atoms with E-state index < -0.39 is 0 Å². The van der Waals surface area contributed by atoms with Crippen LogP contribution in [0.1, 0.15) is 26.2 Å². The van der Waals surface area contributed by atoms with E-state index in [1.807, 2.05) is 6.92 Å². The van der Waals surface area contributed by atoms with Crippen molar-refractivity contribution in [3.8, 4) is 0 Å². The lowest BCUT2D eigenvalue weighted by Crippen LogP contribution is -2.54. The first-order valence-electron chi connectivity index (χ1n) is 7.88. The number of rotatable bonds is 4. The predicted molar refractivity (Wildman–Crippen MR) is 73.4 cm³/mol. The summed E-state index contributed by atoms with van der Waals surface area (Å²) in [6.07, 6.45) is 3.18. The fourth-order valence-electron chi connectivity index (χ4n) is 3.75. The third kappa shape index (κ3) is 2.71. The molecule has 0 aromatic rings. The molecule has 1 saturated carbocycles. The van der Waals surface area contributed by atoms with Gasteiger partial charge >= 0.3 is 0 Å². The summed E-state index contributed by atoms with van der Waals surface area (Å²) in [6, 6.07) is 0.252. The van der Waals surface area contributed by atoms with Crippen molar-refractivity contribution < 1.29 is 19.0 Å². The van der Waals surface area contributed by atoms with E-state index in [0.29, 0.717) is 19.1 Å². The summed E-state index contributed by atoms with van der Waals surface area (Å²) in [4.78, 5) is 14.7. The van der Waals surface area contributed by atoms with E-state index in [1.54, 1.807) is 0 Å². The standard InChI is InChI=1S/C15H25NO4/c1-2-18-9-11-3-4-13-14(11)20-8-6-16(13)15(17)12-5-7-19-10-12/h11-14H,2-10H2,1H3/t11-,12+,13+,14-/m0/s1. The van der Waals surface area contributed by atoms with Crippen LogP contribution in [0, 0.1) is 11.8 Å². The number of hydrogen-bond acceptors (Lipinski definition) is 4. The zero-order chi connectivity index (χ0) is 13.9. The van der Waals surface area contributed by atoms with Gasteiger partial charge in [-0.1, -0.05) is 0 Å².